The number of rotatable bonds is 5. The number of amides is 1. The maximum atomic E-state index is 12.6. The highest BCUT2D eigenvalue weighted by atomic mass is 16.2. The van der Waals surface area contributed by atoms with Gasteiger partial charge in [-0.1, -0.05) is 27.2 Å². The van der Waals surface area contributed by atoms with Crippen molar-refractivity contribution in [2.75, 3.05) is 19.6 Å². The Hall–Kier alpha value is -0.610. The van der Waals surface area contributed by atoms with Crippen LogP contribution in [0.4, 0.5) is 0 Å². The van der Waals surface area contributed by atoms with Gasteiger partial charge in [-0.3, -0.25) is 10.1 Å². The van der Waals surface area contributed by atoms with Gasteiger partial charge in [-0.05, 0) is 38.8 Å². The summed E-state index contributed by atoms with van der Waals surface area (Å²) in [7, 11) is 0. The van der Waals surface area contributed by atoms with Crippen molar-refractivity contribution in [2.45, 2.75) is 71.1 Å². The number of hydrogen-bond donors (Lipinski definition) is 1. The van der Waals surface area contributed by atoms with E-state index >= 15 is 0 Å². The van der Waals surface area contributed by atoms with Crippen LogP contribution < -0.4 is 5.32 Å². The molecule has 3 unspecified atom stereocenters. The van der Waals surface area contributed by atoms with Gasteiger partial charge in [0.25, 0.3) is 0 Å². The number of carbonyl (C=O) groups excluding carboxylic acids is 1. The van der Waals surface area contributed by atoms with E-state index in [1.165, 1.54) is 19.4 Å². The Morgan fingerprint density at radius 2 is 2.11 bits per heavy atom. The van der Waals surface area contributed by atoms with E-state index in [0.29, 0.717) is 11.9 Å². The molecule has 4 heteroatoms. The van der Waals surface area contributed by atoms with Gasteiger partial charge < -0.3 is 9.80 Å². The summed E-state index contributed by atoms with van der Waals surface area (Å²) in [6, 6.07) is 0.468. The normalized spacial score (nSPS) is 33.1. The van der Waals surface area contributed by atoms with Crippen LogP contribution in [0.5, 0.6) is 0 Å². The van der Waals surface area contributed by atoms with Crippen molar-refractivity contribution < 1.29 is 4.79 Å². The first-order valence-corrected chi connectivity index (χ1v) is 8.01. The smallest absolute Gasteiger partial charge is 0.241 e. The lowest BCUT2D eigenvalue weighted by molar-refractivity contribution is -0.133. The first kappa shape index (κ1) is 14.8. The van der Waals surface area contributed by atoms with Crippen LogP contribution in [0.2, 0.25) is 0 Å². The van der Waals surface area contributed by atoms with Gasteiger partial charge in [-0.25, -0.2) is 0 Å². The van der Waals surface area contributed by atoms with Crippen molar-refractivity contribution in [1.29, 1.82) is 0 Å². The Balaban J connectivity index is 2.07. The molecule has 19 heavy (non-hydrogen) atoms. The summed E-state index contributed by atoms with van der Waals surface area (Å²) in [5, 5.41) is 3.53. The molecule has 1 amide bonds. The van der Waals surface area contributed by atoms with Crippen LogP contribution in [-0.2, 0) is 4.79 Å². The molecule has 110 valence electrons. The van der Waals surface area contributed by atoms with Crippen molar-refractivity contribution >= 4 is 5.91 Å². The van der Waals surface area contributed by atoms with Gasteiger partial charge in [0.2, 0.25) is 5.91 Å². The van der Waals surface area contributed by atoms with Crippen LogP contribution in [0.15, 0.2) is 0 Å². The highest BCUT2D eigenvalue weighted by Crippen LogP contribution is 2.25. The zero-order valence-electron chi connectivity index (χ0n) is 12.7. The maximum Gasteiger partial charge on any atom is 0.241 e. The van der Waals surface area contributed by atoms with Crippen LogP contribution in [0.3, 0.4) is 0 Å². The molecule has 0 aromatic carbocycles. The number of piperidine rings is 1. The minimum absolute atomic E-state index is 0.0496. The molecule has 2 saturated heterocycles. The largest absolute Gasteiger partial charge is 0.322 e. The summed E-state index contributed by atoms with van der Waals surface area (Å²) < 4.78 is 0. The average Bonchev–Trinajstić information content (AvgIpc) is 2.75. The predicted molar refractivity (Wildman–Crippen MR) is 77.9 cm³/mol. The second-order valence-corrected chi connectivity index (χ2v) is 5.87. The molecule has 2 rings (SSSR count). The topological polar surface area (TPSA) is 35.6 Å². The zero-order valence-corrected chi connectivity index (χ0v) is 12.7. The second-order valence-electron chi connectivity index (χ2n) is 5.87. The van der Waals surface area contributed by atoms with E-state index < -0.39 is 0 Å². The molecule has 0 spiro atoms. The molecule has 0 bridgehead atoms. The average molecular weight is 267 g/mol. The molecule has 2 aliphatic rings. The Bertz CT molecular complexity index is 308. The predicted octanol–water partition coefficient (Wildman–Crippen LogP) is 1.81. The summed E-state index contributed by atoms with van der Waals surface area (Å²) in [6.45, 7) is 9.86. The van der Waals surface area contributed by atoms with E-state index in [1.54, 1.807) is 0 Å². The number of likely N-dealkylation sites (N-methyl/N-ethyl adjacent to an activating group) is 1. The molecule has 0 aromatic heterocycles. The lowest BCUT2D eigenvalue weighted by Crippen LogP contribution is -2.52. The molecule has 1 N–H and O–H groups in total. The summed E-state index contributed by atoms with van der Waals surface area (Å²) >= 11 is 0. The van der Waals surface area contributed by atoms with Gasteiger partial charge in [0.05, 0.1) is 12.2 Å². The van der Waals surface area contributed by atoms with E-state index in [0.717, 1.165) is 32.4 Å². The fourth-order valence-electron chi connectivity index (χ4n) is 3.49. The molecular weight excluding hydrogens is 238 g/mol. The number of nitrogens with zero attached hydrogens (tertiary/aromatic N) is 2. The Labute approximate surface area is 117 Å². The Morgan fingerprint density at radius 1 is 1.32 bits per heavy atom. The third-order valence-corrected chi connectivity index (χ3v) is 4.57. The Morgan fingerprint density at radius 3 is 2.74 bits per heavy atom. The lowest BCUT2D eigenvalue weighted by atomic mass is 10.0. The van der Waals surface area contributed by atoms with Crippen molar-refractivity contribution in [3.05, 3.63) is 0 Å². The number of hydrogen-bond acceptors (Lipinski definition) is 3. The van der Waals surface area contributed by atoms with Crippen LogP contribution in [0.1, 0.15) is 52.9 Å². The van der Waals surface area contributed by atoms with Crippen LogP contribution in [0, 0.1) is 0 Å². The van der Waals surface area contributed by atoms with Crippen LogP contribution in [-0.4, -0.2) is 53.6 Å². The summed E-state index contributed by atoms with van der Waals surface area (Å²) in [4.78, 5) is 17.2. The maximum absolute atomic E-state index is 12.6. The molecular formula is C15H29N3O. The summed E-state index contributed by atoms with van der Waals surface area (Å²) in [5.41, 5.74) is 0. The van der Waals surface area contributed by atoms with Crippen molar-refractivity contribution in [3.8, 4) is 0 Å². The standard InChI is InChI=1S/C15H29N3O/c1-4-8-14-16-13(5-2)15(19)18(14)12-9-7-10-17(6-3)11-12/h12-14,16H,4-11H2,1-3H3. The minimum Gasteiger partial charge on any atom is -0.322 e. The van der Waals surface area contributed by atoms with Gasteiger partial charge in [0.1, 0.15) is 0 Å². The van der Waals surface area contributed by atoms with Crippen LogP contribution >= 0.6 is 0 Å². The van der Waals surface area contributed by atoms with Gasteiger partial charge in [-0.2, -0.15) is 0 Å². The van der Waals surface area contributed by atoms with Crippen molar-refractivity contribution in [2.24, 2.45) is 0 Å². The first-order valence-electron chi connectivity index (χ1n) is 8.01. The van der Waals surface area contributed by atoms with Crippen LogP contribution in [0.25, 0.3) is 0 Å². The lowest BCUT2D eigenvalue weighted by Gasteiger charge is -2.39. The number of carbonyl (C=O) groups is 1. The molecule has 4 nitrogen and oxygen atoms in total. The van der Waals surface area contributed by atoms with Gasteiger partial charge in [0, 0.05) is 12.6 Å². The molecule has 3 atom stereocenters. The van der Waals surface area contributed by atoms with Gasteiger partial charge in [0.15, 0.2) is 0 Å². The SMILES string of the molecule is CCCC1NC(CC)C(=O)N1C1CCCN(CC)C1. The quantitative estimate of drug-likeness (QED) is 0.825. The monoisotopic (exact) mass is 267 g/mol. The molecule has 2 fully saturated rings. The van der Waals surface area contributed by atoms with E-state index in [2.05, 4.69) is 35.9 Å². The zero-order chi connectivity index (χ0) is 13.8. The summed E-state index contributed by atoms with van der Waals surface area (Å²) in [6.07, 6.45) is 5.76. The molecule has 2 aliphatic heterocycles. The van der Waals surface area contributed by atoms with Crippen molar-refractivity contribution in [1.82, 2.24) is 15.1 Å². The number of nitrogens with one attached hydrogen (secondary N) is 1. The Kier molecular flexibility index (Phi) is 5.22. The molecule has 0 aliphatic carbocycles. The number of likely N-dealkylation sites (tertiary alicyclic amines) is 1. The van der Waals surface area contributed by atoms with E-state index in [9.17, 15) is 4.79 Å². The fourth-order valence-corrected chi connectivity index (χ4v) is 3.49. The fraction of sp³-hybridized carbons (Fsp3) is 0.933. The van der Waals surface area contributed by atoms with Gasteiger partial charge >= 0.3 is 0 Å². The summed E-state index contributed by atoms with van der Waals surface area (Å²) in [5.74, 6) is 0.337. The second kappa shape index (κ2) is 6.71. The van der Waals surface area contributed by atoms with E-state index in [-0.39, 0.29) is 12.2 Å². The molecule has 0 radical (unpaired) electrons. The van der Waals surface area contributed by atoms with E-state index in [4.69, 9.17) is 0 Å². The molecule has 0 saturated carbocycles. The highest BCUT2D eigenvalue weighted by Gasteiger charge is 2.41. The van der Waals surface area contributed by atoms with Gasteiger partial charge in [-0.15, -0.1) is 0 Å². The highest BCUT2D eigenvalue weighted by molar-refractivity contribution is 5.84. The molecule has 2 heterocycles. The third-order valence-electron chi connectivity index (χ3n) is 4.57. The van der Waals surface area contributed by atoms with Crippen molar-refractivity contribution in [3.63, 3.8) is 0 Å². The van der Waals surface area contributed by atoms with E-state index in [1.807, 2.05) is 0 Å². The molecule has 0 aromatic rings. The minimum atomic E-state index is 0.0496. The third kappa shape index (κ3) is 3.11. The first-order chi connectivity index (χ1) is 9.21.